The Morgan fingerprint density at radius 2 is 1.82 bits per heavy atom. The smallest absolute Gasteiger partial charge is 0.408 e. The molecule has 0 fully saturated rings. The van der Waals surface area contributed by atoms with Gasteiger partial charge in [-0.1, -0.05) is 30.3 Å². The van der Waals surface area contributed by atoms with Gasteiger partial charge in [-0.25, -0.2) is 4.79 Å². The van der Waals surface area contributed by atoms with Crippen molar-refractivity contribution in [3.63, 3.8) is 0 Å². The Labute approximate surface area is 165 Å². The number of hydrogen-bond donors (Lipinski definition) is 2. The molecule has 150 valence electrons. The first-order chi connectivity index (χ1) is 13.1. The van der Waals surface area contributed by atoms with Gasteiger partial charge in [0.05, 0.1) is 0 Å². The zero-order valence-electron chi connectivity index (χ0n) is 16.9. The number of hydrogen-bond acceptors (Lipinski definition) is 4. The third-order valence-corrected chi connectivity index (χ3v) is 3.97. The normalized spacial score (nSPS) is 18.0. The number of nitrogens with zero attached hydrogens (tertiary/aromatic N) is 1. The maximum absolute atomic E-state index is 12.6. The molecule has 2 rings (SSSR count). The predicted octanol–water partition coefficient (Wildman–Crippen LogP) is 2.45. The second-order valence-corrected chi connectivity index (χ2v) is 7.61. The van der Waals surface area contributed by atoms with Crippen molar-refractivity contribution in [1.29, 1.82) is 0 Å². The van der Waals surface area contributed by atoms with E-state index in [0.717, 1.165) is 11.1 Å². The lowest BCUT2D eigenvalue weighted by Gasteiger charge is -2.23. The minimum Gasteiger partial charge on any atom is -0.444 e. The Morgan fingerprint density at radius 3 is 2.43 bits per heavy atom. The number of allylic oxidation sites excluding steroid dienone is 2. The van der Waals surface area contributed by atoms with Gasteiger partial charge in [0.15, 0.2) is 0 Å². The van der Waals surface area contributed by atoms with Gasteiger partial charge in [-0.2, -0.15) is 0 Å². The number of carbonyl (C=O) groups is 3. The van der Waals surface area contributed by atoms with E-state index in [1.165, 1.54) is 11.8 Å². The second-order valence-electron chi connectivity index (χ2n) is 7.61. The molecule has 1 aromatic rings. The Bertz CT molecular complexity index is 794. The van der Waals surface area contributed by atoms with Gasteiger partial charge in [0, 0.05) is 13.2 Å². The Morgan fingerprint density at radius 1 is 1.18 bits per heavy atom. The van der Waals surface area contributed by atoms with E-state index in [0.29, 0.717) is 0 Å². The highest BCUT2D eigenvalue weighted by atomic mass is 16.6. The van der Waals surface area contributed by atoms with Gasteiger partial charge in [-0.05, 0) is 51.0 Å². The average Bonchev–Trinajstić information content (AvgIpc) is 2.74. The van der Waals surface area contributed by atoms with Crippen LogP contribution in [-0.2, 0) is 14.3 Å². The van der Waals surface area contributed by atoms with Crippen LogP contribution in [0.1, 0.15) is 33.3 Å². The van der Waals surface area contributed by atoms with E-state index in [2.05, 4.69) is 10.6 Å². The predicted molar refractivity (Wildman–Crippen MR) is 107 cm³/mol. The van der Waals surface area contributed by atoms with Crippen LogP contribution < -0.4 is 10.6 Å². The quantitative estimate of drug-likeness (QED) is 0.833. The fraction of sp³-hybridized carbons (Fsp3) is 0.381. The summed E-state index contributed by atoms with van der Waals surface area (Å²) >= 11 is 0. The molecule has 2 N–H and O–H groups in total. The molecule has 2 unspecified atom stereocenters. The SMILES string of the molecule is CC(NC(=O)OC(C)(C)C)C(=O)NC1C=C(c2ccccc2)C=CN(C)C1=O. The molecule has 7 heteroatoms. The fourth-order valence-corrected chi connectivity index (χ4v) is 2.55. The number of benzene rings is 1. The van der Waals surface area contributed by atoms with E-state index in [1.54, 1.807) is 40.1 Å². The van der Waals surface area contributed by atoms with Crippen molar-refractivity contribution in [2.24, 2.45) is 0 Å². The number of carbonyl (C=O) groups excluding carboxylic acids is 3. The van der Waals surface area contributed by atoms with E-state index in [-0.39, 0.29) is 5.91 Å². The summed E-state index contributed by atoms with van der Waals surface area (Å²) < 4.78 is 5.15. The summed E-state index contributed by atoms with van der Waals surface area (Å²) in [6.45, 7) is 6.74. The van der Waals surface area contributed by atoms with Crippen LogP contribution in [0.4, 0.5) is 4.79 Å². The first kappa shape index (κ1) is 21.2. The van der Waals surface area contributed by atoms with Crippen LogP contribution in [0.3, 0.4) is 0 Å². The average molecular weight is 385 g/mol. The number of nitrogens with one attached hydrogen (secondary N) is 2. The molecule has 2 atom stereocenters. The highest BCUT2D eigenvalue weighted by Crippen LogP contribution is 2.19. The number of likely N-dealkylation sites (N-methyl/N-ethyl adjacent to an activating group) is 1. The molecular weight excluding hydrogens is 358 g/mol. The molecule has 0 radical (unpaired) electrons. The number of amides is 3. The van der Waals surface area contributed by atoms with E-state index in [4.69, 9.17) is 4.74 Å². The minimum atomic E-state index is -0.863. The molecule has 1 aliphatic rings. The molecule has 28 heavy (non-hydrogen) atoms. The van der Waals surface area contributed by atoms with Crippen molar-refractivity contribution in [2.75, 3.05) is 7.05 Å². The molecule has 0 aromatic heterocycles. The lowest BCUT2D eigenvalue weighted by Crippen LogP contribution is -2.52. The number of rotatable bonds is 4. The minimum absolute atomic E-state index is 0.278. The number of alkyl carbamates (subject to hydrolysis) is 1. The van der Waals surface area contributed by atoms with Gasteiger partial charge < -0.3 is 20.3 Å². The van der Waals surface area contributed by atoms with E-state index in [1.807, 2.05) is 36.4 Å². The molecule has 0 bridgehead atoms. The van der Waals surface area contributed by atoms with Crippen molar-refractivity contribution in [3.8, 4) is 0 Å². The summed E-state index contributed by atoms with van der Waals surface area (Å²) in [5.41, 5.74) is 1.08. The number of ether oxygens (including phenoxy) is 1. The molecule has 0 spiro atoms. The first-order valence-corrected chi connectivity index (χ1v) is 9.09. The van der Waals surface area contributed by atoms with E-state index < -0.39 is 29.7 Å². The Kier molecular flexibility index (Phi) is 6.62. The van der Waals surface area contributed by atoms with E-state index >= 15 is 0 Å². The highest BCUT2D eigenvalue weighted by molar-refractivity contribution is 5.95. The van der Waals surface area contributed by atoms with Gasteiger partial charge >= 0.3 is 6.09 Å². The van der Waals surface area contributed by atoms with Gasteiger partial charge in [-0.3, -0.25) is 9.59 Å². The zero-order chi connectivity index (χ0) is 20.9. The molecule has 7 nitrogen and oxygen atoms in total. The molecule has 0 saturated carbocycles. The van der Waals surface area contributed by atoms with Crippen molar-refractivity contribution >= 4 is 23.5 Å². The first-order valence-electron chi connectivity index (χ1n) is 9.09. The van der Waals surface area contributed by atoms with Crippen LogP contribution >= 0.6 is 0 Å². The second kappa shape index (κ2) is 8.73. The standard InChI is InChI=1S/C21H27N3O4/c1-14(22-20(27)28-21(2,3)4)18(25)23-17-13-16(11-12-24(5)19(17)26)15-9-7-6-8-10-15/h6-14,17H,1-5H3,(H,22,27)(H,23,25). The van der Waals surface area contributed by atoms with Gasteiger partial charge in [0.1, 0.15) is 17.7 Å². The fourth-order valence-electron chi connectivity index (χ4n) is 2.55. The molecule has 1 heterocycles. The Balaban J connectivity index is 2.12. The summed E-state index contributed by atoms with van der Waals surface area (Å²) in [7, 11) is 1.63. The lowest BCUT2D eigenvalue weighted by atomic mass is 10.0. The maximum Gasteiger partial charge on any atom is 0.408 e. The van der Waals surface area contributed by atoms with Crippen molar-refractivity contribution in [2.45, 2.75) is 45.4 Å². The molecule has 1 aliphatic heterocycles. The van der Waals surface area contributed by atoms with Crippen LogP contribution in [-0.4, -0.2) is 47.5 Å². The van der Waals surface area contributed by atoms with Gasteiger partial charge in [-0.15, -0.1) is 0 Å². The van der Waals surface area contributed by atoms with Crippen LogP contribution in [0.25, 0.3) is 5.57 Å². The van der Waals surface area contributed by atoms with Gasteiger partial charge in [0.25, 0.3) is 5.91 Å². The molecular formula is C21H27N3O4. The third-order valence-electron chi connectivity index (χ3n) is 3.97. The molecule has 3 amide bonds. The maximum atomic E-state index is 12.6. The largest absolute Gasteiger partial charge is 0.444 e. The zero-order valence-corrected chi connectivity index (χ0v) is 16.9. The summed E-state index contributed by atoms with van der Waals surface area (Å²) in [6.07, 6.45) is 4.49. The van der Waals surface area contributed by atoms with Gasteiger partial charge in [0.2, 0.25) is 5.91 Å². The van der Waals surface area contributed by atoms with Crippen LogP contribution in [0, 0.1) is 0 Å². The Hall–Kier alpha value is -3.09. The topological polar surface area (TPSA) is 87.7 Å². The summed E-state index contributed by atoms with van der Waals surface area (Å²) in [4.78, 5) is 38.4. The molecule has 1 aromatic carbocycles. The van der Waals surface area contributed by atoms with Crippen molar-refractivity contribution in [3.05, 3.63) is 54.2 Å². The summed E-state index contributed by atoms with van der Waals surface area (Å²) in [6, 6.07) is 7.85. The summed E-state index contributed by atoms with van der Waals surface area (Å²) in [5.74, 6) is -0.761. The van der Waals surface area contributed by atoms with Crippen LogP contribution in [0.5, 0.6) is 0 Å². The van der Waals surface area contributed by atoms with Crippen molar-refractivity contribution in [1.82, 2.24) is 15.5 Å². The third kappa shape index (κ3) is 5.97. The molecule has 0 saturated heterocycles. The van der Waals surface area contributed by atoms with Crippen LogP contribution in [0.2, 0.25) is 0 Å². The van der Waals surface area contributed by atoms with Crippen LogP contribution in [0.15, 0.2) is 48.7 Å². The monoisotopic (exact) mass is 385 g/mol. The van der Waals surface area contributed by atoms with E-state index in [9.17, 15) is 14.4 Å². The molecule has 0 aliphatic carbocycles. The lowest BCUT2D eigenvalue weighted by molar-refractivity contribution is -0.132. The highest BCUT2D eigenvalue weighted by Gasteiger charge is 2.27. The summed E-state index contributed by atoms with van der Waals surface area (Å²) in [5, 5.41) is 5.17. The van der Waals surface area contributed by atoms with Crippen molar-refractivity contribution < 1.29 is 19.1 Å².